The molecule has 0 aromatic carbocycles. The van der Waals surface area contributed by atoms with E-state index in [2.05, 4.69) is 21.1 Å². The smallest absolute Gasteiger partial charge is 0.130 e. The van der Waals surface area contributed by atoms with Crippen LogP contribution < -0.4 is 4.90 Å². The minimum atomic E-state index is -0.428. The third kappa shape index (κ3) is 2.80. The van der Waals surface area contributed by atoms with E-state index in [9.17, 15) is 5.11 Å². The van der Waals surface area contributed by atoms with Crippen molar-refractivity contribution in [2.75, 3.05) is 11.4 Å². The number of hydrogen-bond donors (Lipinski definition) is 1. The first kappa shape index (κ1) is 14.2. The Labute approximate surface area is 135 Å². The lowest BCUT2D eigenvalue weighted by molar-refractivity contribution is 0.148. The molecule has 3 heterocycles. The number of aliphatic hydroxyl groups is 1. The molecule has 23 heavy (non-hydrogen) atoms. The fourth-order valence-electron chi connectivity index (χ4n) is 3.14. The van der Waals surface area contributed by atoms with Crippen molar-refractivity contribution in [2.45, 2.75) is 38.5 Å². The molecule has 2 aromatic rings. The van der Waals surface area contributed by atoms with Gasteiger partial charge in [0, 0.05) is 19.3 Å². The van der Waals surface area contributed by atoms with Crippen molar-refractivity contribution >= 4 is 5.82 Å². The molecule has 0 radical (unpaired) electrons. The topological polar surface area (TPSA) is 78.0 Å². The van der Waals surface area contributed by atoms with Crippen molar-refractivity contribution in [3.8, 4) is 6.07 Å². The molecule has 2 aromatic heterocycles. The third-order valence-electron chi connectivity index (χ3n) is 4.60. The van der Waals surface area contributed by atoms with E-state index in [4.69, 9.17) is 5.26 Å². The molecular formula is C17H19N5O. The second-order valence-electron chi connectivity index (χ2n) is 6.36. The Bertz CT molecular complexity index is 759. The lowest BCUT2D eigenvalue weighted by atomic mass is 10.1. The zero-order valence-electron chi connectivity index (χ0n) is 12.9. The first-order chi connectivity index (χ1) is 11.2. The number of hydrogen-bond acceptors (Lipinski definition) is 5. The van der Waals surface area contributed by atoms with Crippen LogP contribution >= 0.6 is 0 Å². The van der Waals surface area contributed by atoms with Gasteiger partial charge in [0.05, 0.1) is 29.6 Å². The molecule has 1 unspecified atom stereocenters. The number of fused-ring (bicyclic) bond motifs is 1. The first-order valence-corrected chi connectivity index (χ1v) is 8.10. The van der Waals surface area contributed by atoms with E-state index in [-0.39, 0.29) is 0 Å². The molecule has 1 atom stereocenters. The third-order valence-corrected chi connectivity index (χ3v) is 4.60. The molecule has 0 bridgehead atoms. The van der Waals surface area contributed by atoms with E-state index in [1.165, 1.54) is 0 Å². The molecule has 118 valence electrons. The quantitative estimate of drug-likeness (QED) is 0.938. The van der Waals surface area contributed by atoms with E-state index in [0.717, 1.165) is 49.6 Å². The number of aromatic nitrogens is 3. The predicted octanol–water partition coefficient (Wildman–Crippen LogP) is 2.00. The van der Waals surface area contributed by atoms with Gasteiger partial charge in [-0.1, -0.05) is 0 Å². The van der Waals surface area contributed by atoms with E-state index in [1.807, 2.05) is 16.8 Å². The van der Waals surface area contributed by atoms with Crippen molar-refractivity contribution in [1.29, 1.82) is 5.26 Å². The molecule has 0 amide bonds. The lowest BCUT2D eigenvalue weighted by Crippen LogP contribution is -2.23. The zero-order chi connectivity index (χ0) is 15.8. The summed E-state index contributed by atoms with van der Waals surface area (Å²) >= 11 is 0. The van der Waals surface area contributed by atoms with E-state index < -0.39 is 6.10 Å². The van der Waals surface area contributed by atoms with Crippen LogP contribution in [-0.2, 0) is 13.1 Å². The summed E-state index contributed by atoms with van der Waals surface area (Å²) in [5.41, 5.74) is 2.52. The van der Waals surface area contributed by atoms with Crippen LogP contribution in [-0.4, -0.2) is 26.4 Å². The fraction of sp³-hybridized carbons (Fsp3) is 0.471. The Morgan fingerprint density at radius 2 is 2.17 bits per heavy atom. The standard InChI is InChI=1S/C17H19N5O/c18-10-12-4-5-19-16(8-12)21-6-1-7-22-14(11-21)9-15(20-22)17(23)13-2-3-13/h4-5,8-9,13,17,23H,1-3,6-7,11H2. The molecule has 0 saturated heterocycles. The van der Waals surface area contributed by atoms with E-state index >= 15 is 0 Å². The molecule has 1 aliphatic carbocycles. The predicted molar refractivity (Wildman–Crippen MR) is 84.5 cm³/mol. The van der Waals surface area contributed by atoms with Crippen molar-refractivity contribution in [3.63, 3.8) is 0 Å². The van der Waals surface area contributed by atoms with Crippen LogP contribution in [0.25, 0.3) is 0 Å². The molecular weight excluding hydrogens is 290 g/mol. The Morgan fingerprint density at radius 3 is 2.96 bits per heavy atom. The zero-order valence-corrected chi connectivity index (χ0v) is 12.9. The monoisotopic (exact) mass is 309 g/mol. The summed E-state index contributed by atoms with van der Waals surface area (Å²) in [5.74, 6) is 1.21. The Morgan fingerprint density at radius 1 is 1.30 bits per heavy atom. The van der Waals surface area contributed by atoms with Crippen molar-refractivity contribution in [3.05, 3.63) is 41.3 Å². The van der Waals surface area contributed by atoms with Crippen LogP contribution in [0.5, 0.6) is 0 Å². The Hall–Kier alpha value is -2.39. The number of anilines is 1. The number of nitriles is 1. The van der Waals surface area contributed by atoms with Gasteiger partial charge < -0.3 is 10.0 Å². The molecule has 1 saturated carbocycles. The van der Waals surface area contributed by atoms with Crippen molar-refractivity contribution < 1.29 is 5.11 Å². The fourth-order valence-corrected chi connectivity index (χ4v) is 3.14. The first-order valence-electron chi connectivity index (χ1n) is 8.10. The maximum absolute atomic E-state index is 10.3. The number of aliphatic hydroxyl groups excluding tert-OH is 1. The minimum Gasteiger partial charge on any atom is -0.386 e. The summed E-state index contributed by atoms with van der Waals surface area (Å²) in [6.45, 7) is 2.43. The highest BCUT2D eigenvalue weighted by Crippen LogP contribution is 2.40. The van der Waals surface area contributed by atoms with Crippen LogP contribution in [0.1, 0.15) is 42.3 Å². The van der Waals surface area contributed by atoms with Crippen molar-refractivity contribution in [1.82, 2.24) is 14.8 Å². The molecule has 0 spiro atoms. The molecule has 4 rings (SSSR count). The van der Waals surface area contributed by atoms with Gasteiger partial charge in [-0.3, -0.25) is 4.68 Å². The van der Waals surface area contributed by atoms with Gasteiger partial charge in [-0.25, -0.2) is 4.98 Å². The lowest BCUT2D eigenvalue weighted by Gasteiger charge is -2.21. The summed E-state index contributed by atoms with van der Waals surface area (Å²) in [7, 11) is 0. The summed E-state index contributed by atoms with van der Waals surface area (Å²) in [4.78, 5) is 6.58. The second kappa shape index (κ2) is 5.67. The largest absolute Gasteiger partial charge is 0.386 e. The minimum absolute atomic E-state index is 0.388. The van der Waals surface area contributed by atoms with Gasteiger partial charge in [-0.2, -0.15) is 10.4 Å². The highest BCUT2D eigenvalue weighted by atomic mass is 16.3. The molecule has 6 nitrogen and oxygen atoms in total. The molecule has 2 aliphatic rings. The summed E-state index contributed by atoms with van der Waals surface area (Å²) in [6.07, 6.45) is 4.41. The average molecular weight is 309 g/mol. The van der Waals surface area contributed by atoms with Gasteiger partial charge in [0.15, 0.2) is 0 Å². The number of nitrogens with zero attached hydrogens (tertiary/aromatic N) is 5. The molecule has 1 N–H and O–H groups in total. The van der Waals surface area contributed by atoms with Gasteiger partial charge in [0.2, 0.25) is 0 Å². The van der Waals surface area contributed by atoms with Gasteiger partial charge in [0.25, 0.3) is 0 Å². The highest BCUT2D eigenvalue weighted by Gasteiger charge is 2.33. The van der Waals surface area contributed by atoms with E-state index in [0.29, 0.717) is 18.0 Å². The van der Waals surface area contributed by atoms with E-state index in [1.54, 1.807) is 12.3 Å². The molecule has 1 fully saturated rings. The molecule has 6 heteroatoms. The van der Waals surface area contributed by atoms with Crippen LogP contribution in [0.3, 0.4) is 0 Å². The SMILES string of the molecule is N#Cc1ccnc(N2CCCn3nc(C(O)C4CC4)cc3C2)c1. The van der Waals surface area contributed by atoms with Crippen LogP contribution in [0.15, 0.2) is 24.4 Å². The molecule has 1 aliphatic heterocycles. The summed E-state index contributed by atoms with van der Waals surface area (Å²) < 4.78 is 2.01. The highest BCUT2D eigenvalue weighted by molar-refractivity contribution is 5.45. The summed E-state index contributed by atoms with van der Waals surface area (Å²) in [5, 5.41) is 24.0. The van der Waals surface area contributed by atoms with Crippen molar-refractivity contribution in [2.24, 2.45) is 5.92 Å². The van der Waals surface area contributed by atoms with Crippen LogP contribution in [0.2, 0.25) is 0 Å². The maximum Gasteiger partial charge on any atom is 0.130 e. The Kier molecular flexibility index (Phi) is 3.50. The van der Waals surface area contributed by atoms with Gasteiger partial charge in [-0.15, -0.1) is 0 Å². The normalized spacial score (nSPS) is 18.9. The Balaban J connectivity index is 1.59. The van der Waals surface area contributed by atoms with Gasteiger partial charge >= 0.3 is 0 Å². The van der Waals surface area contributed by atoms with Crippen LogP contribution in [0.4, 0.5) is 5.82 Å². The average Bonchev–Trinajstić information content (AvgIpc) is 3.38. The van der Waals surface area contributed by atoms with Gasteiger partial charge in [-0.05, 0) is 43.4 Å². The second-order valence-corrected chi connectivity index (χ2v) is 6.36. The van der Waals surface area contributed by atoms with Gasteiger partial charge in [0.1, 0.15) is 11.9 Å². The number of pyridine rings is 1. The summed E-state index contributed by atoms with van der Waals surface area (Å²) in [6, 6.07) is 7.73. The van der Waals surface area contributed by atoms with Crippen LogP contribution in [0, 0.1) is 17.2 Å². The number of rotatable bonds is 3. The number of aryl methyl sites for hydroxylation is 1. The maximum atomic E-state index is 10.3.